The van der Waals surface area contributed by atoms with Gasteiger partial charge in [-0.1, -0.05) is 15.9 Å². The van der Waals surface area contributed by atoms with Crippen LogP contribution in [0.2, 0.25) is 0 Å². The van der Waals surface area contributed by atoms with E-state index in [0.29, 0.717) is 5.92 Å². The van der Waals surface area contributed by atoms with E-state index < -0.39 is 0 Å². The standard InChI is InChI=1S/C13H19BrN2O/c1-17-9-10-4-6-16(7-5-10)13-8-11(14)2-3-12(13)15/h2-3,8,10H,4-7,9,15H2,1H3. The molecule has 1 aromatic carbocycles. The van der Waals surface area contributed by atoms with Crippen molar-refractivity contribution in [1.82, 2.24) is 0 Å². The maximum absolute atomic E-state index is 6.03. The number of nitrogen functional groups attached to an aromatic ring is 1. The van der Waals surface area contributed by atoms with Gasteiger partial charge in [-0.05, 0) is 37.0 Å². The molecule has 1 aliphatic heterocycles. The summed E-state index contributed by atoms with van der Waals surface area (Å²) in [5.74, 6) is 0.699. The third kappa shape index (κ3) is 3.13. The average molecular weight is 299 g/mol. The highest BCUT2D eigenvalue weighted by Gasteiger charge is 2.20. The summed E-state index contributed by atoms with van der Waals surface area (Å²) in [6.45, 7) is 3.01. The Bertz CT molecular complexity index is 376. The van der Waals surface area contributed by atoms with Gasteiger partial charge >= 0.3 is 0 Å². The van der Waals surface area contributed by atoms with Crippen molar-refractivity contribution in [2.75, 3.05) is 37.4 Å². The maximum Gasteiger partial charge on any atom is 0.0611 e. The van der Waals surface area contributed by atoms with E-state index in [0.717, 1.165) is 35.5 Å². The highest BCUT2D eigenvalue weighted by atomic mass is 79.9. The fourth-order valence-electron chi connectivity index (χ4n) is 2.37. The van der Waals surface area contributed by atoms with E-state index in [1.807, 2.05) is 12.1 Å². The van der Waals surface area contributed by atoms with Crippen LogP contribution < -0.4 is 10.6 Å². The lowest BCUT2D eigenvalue weighted by atomic mass is 9.97. The van der Waals surface area contributed by atoms with Gasteiger partial charge < -0.3 is 15.4 Å². The van der Waals surface area contributed by atoms with E-state index in [1.54, 1.807) is 7.11 Å². The van der Waals surface area contributed by atoms with Gasteiger partial charge in [-0.15, -0.1) is 0 Å². The van der Waals surface area contributed by atoms with Crippen LogP contribution >= 0.6 is 15.9 Å². The molecule has 0 radical (unpaired) electrons. The minimum Gasteiger partial charge on any atom is -0.397 e. The Morgan fingerprint density at radius 3 is 2.76 bits per heavy atom. The highest BCUT2D eigenvalue weighted by Crippen LogP contribution is 2.30. The summed E-state index contributed by atoms with van der Waals surface area (Å²) >= 11 is 3.50. The summed E-state index contributed by atoms with van der Waals surface area (Å²) < 4.78 is 6.30. The molecule has 0 amide bonds. The summed E-state index contributed by atoms with van der Waals surface area (Å²) in [5.41, 5.74) is 8.03. The molecule has 0 unspecified atom stereocenters. The molecular weight excluding hydrogens is 280 g/mol. The fraction of sp³-hybridized carbons (Fsp3) is 0.538. The number of methoxy groups -OCH3 is 1. The van der Waals surface area contributed by atoms with Gasteiger partial charge in [0.1, 0.15) is 0 Å². The van der Waals surface area contributed by atoms with E-state index in [4.69, 9.17) is 10.5 Å². The fourth-order valence-corrected chi connectivity index (χ4v) is 2.72. The molecule has 2 rings (SSSR count). The lowest BCUT2D eigenvalue weighted by Gasteiger charge is -2.34. The van der Waals surface area contributed by atoms with Crippen LogP contribution in [0.25, 0.3) is 0 Å². The molecule has 4 heteroatoms. The van der Waals surface area contributed by atoms with E-state index in [2.05, 4.69) is 26.9 Å². The molecule has 1 aromatic rings. The Balaban J connectivity index is 2.02. The average Bonchev–Trinajstić information content (AvgIpc) is 2.34. The molecule has 0 spiro atoms. The van der Waals surface area contributed by atoms with Crippen molar-refractivity contribution in [1.29, 1.82) is 0 Å². The quantitative estimate of drug-likeness (QED) is 0.872. The molecule has 94 valence electrons. The number of hydrogen-bond donors (Lipinski definition) is 1. The SMILES string of the molecule is COCC1CCN(c2cc(Br)ccc2N)CC1. The summed E-state index contributed by atoms with van der Waals surface area (Å²) in [6, 6.07) is 6.04. The lowest BCUT2D eigenvalue weighted by molar-refractivity contribution is 0.139. The Morgan fingerprint density at radius 2 is 2.12 bits per heavy atom. The minimum absolute atomic E-state index is 0.699. The first-order valence-corrected chi connectivity index (χ1v) is 6.79. The topological polar surface area (TPSA) is 38.5 Å². The van der Waals surface area contributed by atoms with Crippen LogP contribution in [0, 0.1) is 5.92 Å². The maximum atomic E-state index is 6.03. The molecule has 0 saturated carbocycles. The number of benzene rings is 1. The van der Waals surface area contributed by atoms with Crippen LogP contribution in [0.4, 0.5) is 11.4 Å². The van der Waals surface area contributed by atoms with Gasteiger partial charge in [0.15, 0.2) is 0 Å². The van der Waals surface area contributed by atoms with E-state index >= 15 is 0 Å². The smallest absolute Gasteiger partial charge is 0.0611 e. The molecular formula is C13H19BrN2O. The third-order valence-corrected chi connectivity index (χ3v) is 3.84. The first kappa shape index (κ1) is 12.7. The first-order valence-electron chi connectivity index (χ1n) is 5.99. The normalized spacial score (nSPS) is 17.4. The molecule has 3 nitrogen and oxygen atoms in total. The lowest BCUT2D eigenvalue weighted by Crippen LogP contribution is -2.35. The Morgan fingerprint density at radius 1 is 1.41 bits per heavy atom. The molecule has 0 atom stereocenters. The van der Waals surface area contributed by atoms with Crippen LogP contribution in [-0.2, 0) is 4.74 Å². The van der Waals surface area contributed by atoms with Crippen LogP contribution in [0.15, 0.2) is 22.7 Å². The minimum atomic E-state index is 0.699. The van der Waals surface area contributed by atoms with Crippen LogP contribution in [-0.4, -0.2) is 26.8 Å². The van der Waals surface area contributed by atoms with Crippen molar-refractivity contribution >= 4 is 27.3 Å². The predicted molar refractivity (Wildman–Crippen MR) is 75.4 cm³/mol. The zero-order valence-electron chi connectivity index (χ0n) is 10.2. The molecule has 1 heterocycles. The van der Waals surface area contributed by atoms with Crippen molar-refractivity contribution < 1.29 is 4.74 Å². The number of ether oxygens (including phenoxy) is 1. The second kappa shape index (κ2) is 5.74. The number of nitrogens with zero attached hydrogens (tertiary/aromatic N) is 1. The van der Waals surface area contributed by atoms with E-state index in [-0.39, 0.29) is 0 Å². The molecule has 0 bridgehead atoms. The molecule has 0 aromatic heterocycles. The predicted octanol–water partition coefficient (Wildman–Crippen LogP) is 2.89. The van der Waals surface area contributed by atoms with Crippen molar-refractivity contribution in [2.45, 2.75) is 12.8 Å². The molecule has 1 fully saturated rings. The number of hydrogen-bond acceptors (Lipinski definition) is 3. The highest BCUT2D eigenvalue weighted by molar-refractivity contribution is 9.10. The zero-order chi connectivity index (χ0) is 12.3. The first-order chi connectivity index (χ1) is 8.20. The van der Waals surface area contributed by atoms with Crippen molar-refractivity contribution in [2.24, 2.45) is 5.92 Å². The number of piperidine rings is 1. The van der Waals surface area contributed by atoms with E-state index in [1.165, 1.54) is 12.8 Å². The number of anilines is 2. The van der Waals surface area contributed by atoms with Crippen molar-refractivity contribution in [3.8, 4) is 0 Å². The molecule has 17 heavy (non-hydrogen) atoms. The number of halogens is 1. The van der Waals surface area contributed by atoms with Crippen LogP contribution in [0.5, 0.6) is 0 Å². The van der Waals surface area contributed by atoms with Gasteiger partial charge in [-0.25, -0.2) is 0 Å². The van der Waals surface area contributed by atoms with Gasteiger partial charge in [0.05, 0.1) is 11.4 Å². The number of rotatable bonds is 3. The molecule has 2 N–H and O–H groups in total. The molecule has 0 aliphatic carbocycles. The van der Waals surface area contributed by atoms with Gasteiger partial charge in [0.25, 0.3) is 0 Å². The van der Waals surface area contributed by atoms with Gasteiger partial charge in [0, 0.05) is 31.3 Å². The monoisotopic (exact) mass is 298 g/mol. The van der Waals surface area contributed by atoms with Gasteiger partial charge in [-0.2, -0.15) is 0 Å². The Hall–Kier alpha value is -0.740. The van der Waals surface area contributed by atoms with Gasteiger partial charge in [0.2, 0.25) is 0 Å². The van der Waals surface area contributed by atoms with Crippen molar-refractivity contribution in [3.05, 3.63) is 22.7 Å². The zero-order valence-corrected chi connectivity index (χ0v) is 11.7. The van der Waals surface area contributed by atoms with Crippen LogP contribution in [0.1, 0.15) is 12.8 Å². The Labute approximate surface area is 111 Å². The van der Waals surface area contributed by atoms with Gasteiger partial charge in [-0.3, -0.25) is 0 Å². The summed E-state index contributed by atoms with van der Waals surface area (Å²) in [5, 5.41) is 0. The third-order valence-electron chi connectivity index (χ3n) is 3.35. The summed E-state index contributed by atoms with van der Waals surface area (Å²) in [4.78, 5) is 2.37. The summed E-state index contributed by atoms with van der Waals surface area (Å²) in [6.07, 6.45) is 2.36. The molecule has 1 aliphatic rings. The number of nitrogens with two attached hydrogens (primary N) is 1. The van der Waals surface area contributed by atoms with Crippen molar-refractivity contribution in [3.63, 3.8) is 0 Å². The largest absolute Gasteiger partial charge is 0.397 e. The summed E-state index contributed by atoms with van der Waals surface area (Å²) in [7, 11) is 1.78. The Kier molecular flexibility index (Phi) is 4.29. The van der Waals surface area contributed by atoms with E-state index in [9.17, 15) is 0 Å². The second-order valence-electron chi connectivity index (χ2n) is 4.59. The molecule has 1 saturated heterocycles. The van der Waals surface area contributed by atoms with Crippen LogP contribution in [0.3, 0.4) is 0 Å². The second-order valence-corrected chi connectivity index (χ2v) is 5.50.